The lowest BCUT2D eigenvalue weighted by Gasteiger charge is -2.14. The summed E-state index contributed by atoms with van der Waals surface area (Å²) in [5.41, 5.74) is 4.40. The first kappa shape index (κ1) is 12.3. The molecule has 0 bridgehead atoms. The molecule has 0 amide bonds. The lowest BCUT2D eigenvalue weighted by atomic mass is 9.92. The van der Waals surface area contributed by atoms with Crippen LogP contribution in [0.1, 0.15) is 45.6 Å². The van der Waals surface area contributed by atoms with Crippen LogP contribution in [0.4, 0.5) is 0 Å². The summed E-state index contributed by atoms with van der Waals surface area (Å²) in [5.74, 6) is -0.336. The van der Waals surface area contributed by atoms with Crippen molar-refractivity contribution in [2.45, 2.75) is 33.3 Å². The Hall–Kier alpha value is -1.19. The molecular formula is C14H18O3. The van der Waals surface area contributed by atoms with Crippen LogP contribution in [0.3, 0.4) is 0 Å². The first-order chi connectivity index (χ1) is 7.99. The number of carbonyl (C=O) groups excluding carboxylic acids is 1. The zero-order chi connectivity index (χ0) is 12.7. The molecule has 0 saturated carbocycles. The van der Waals surface area contributed by atoms with E-state index >= 15 is 0 Å². The smallest absolute Gasteiger partial charge is 0.169 e. The van der Waals surface area contributed by atoms with Crippen LogP contribution in [0.25, 0.3) is 0 Å². The maximum atomic E-state index is 12.1. The Bertz CT molecular complexity index is 477. The SMILES string of the molecule is Cc1cc2c(c(C)c1CCO)C(=O)[C@H](C)[C@@H]2O. The van der Waals surface area contributed by atoms with Gasteiger partial charge >= 0.3 is 0 Å². The molecule has 0 spiro atoms. The van der Waals surface area contributed by atoms with Crippen LogP contribution >= 0.6 is 0 Å². The molecule has 0 radical (unpaired) electrons. The Balaban J connectivity index is 2.65. The second kappa shape index (κ2) is 4.24. The highest BCUT2D eigenvalue weighted by Crippen LogP contribution is 2.39. The zero-order valence-corrected chi connectivity index (χ0v) is 10.4. The van der Waals surface area contributed by atoms with Crippen LogP contribution in [0.2, 0.25) is 0 Å². The highest BCUT2D eigenvalue weighted by molar-refractivity contribution is 6.04. The number of ketones is 1. The third-order valence-corrected chi connectivity index (χ3v) is 3.78. The Morgan fingerprint density at radius 1 is 1.35 bits per heavy atom. The minimum absolute atomic E-state index is 0.0178. The van der Waals surface area contributed by atoms with Gasteiger partial charge in [-0.05, 0) is 42.5 Å². The van der Waals surface area contributed by atoms with Gasteiger partial charge in [-0.2, -0.15) is 0 Å². The van der Waals surface area contributed by atoms with Crippen molar-refractivity contribution in [1.82, 2.24) is 0 Å². The summed E-state index contributed by atoms with van der Waals surface area (Å²) in [5, 5.41) is 19.1. The largest absolute Gasteiger partial charge is 0.396 e. The van der Waals surface area contributed by atoms with Crippen LogP contribution in [-0.4, -0.2) is 22.6 Å². The molecule has 1 aliphatic rings. The number of Topliss-reactive ketones (excluding diaryl/α,β-unsaturated/α-hetero) is 1. The van der Waals surface area contributed by atoms with E-state index in [1.165, 1.54) is 0 Å². The third kappa shape index (κ3) is 1.70. The number of hydrogen-bond donors (Lipinski definition) is 2. The molecule has 0 heterocycles. The Morgan fingerprint density at radius 3 is 2.59 bits per heavy atom. The van der Waals surface area contributed by atoms with E-state index in [2.05, 4.69) is 0 Å². The average Bonchev–Trinajstić information content (AvgIpc) is 2.50. The van der Waals surface area contributed by atoms with Crippen molar-refractivity contribution in [2.75, 3.05) is 6.61 Å². The predicted octanol–water partition coefficient (Wildman–Crippen LogP) is 1.70. The van der Waals surface area contributed by atoms with Crippen molar-refractivity contribution in [1.29, 1.82) is 0 Å². The van der Waals surface area contributed by atoms with Gasteiger partial charge in [0.2, 0.25) is 0 Å². The summed E-state index contributed by atoms with van der Waals surface area (Å²) in [7, 11) is 0. The number of hydrogen-bond acceptors (Lipinski definition) is 3. The molecule has 2 atom stereocenters. The Morgan fingerprint density at radius 2 is 2.00 bits per heavy atom. The van der Waals surface area contributed by atoms with Crippen molar-refractivity contribution < 1.29 is 15.0 Å². The molecule has 17 heavy (non-hydrogen) atoms. The molecule has 92 valence electrons. The molecule has 0 saturated heterocycles. The number of fused-ring (bicyclic) bond motifs is 1. The molecule has 0 fully saturated rings. The van der Waals surface area contributed by atoms with Gasteiger partial charge < -0.3 is 10.2 Å². The molecule has 0 aromatic heterocycles. The van der Waals surface area contributed by atoms with Crippen LogP contribution in [0.15, 0.2) is 6.07 Å². The van der Waals surface area contributed by atoms with Crippen molar-refractivity contribution in [2.24, 2.45) is 5.92 Å². The van der Waals surface area contributed by atoms with Gasteiger partial charge in [-0.25, -0.2) is 0 Å². The van der Waals surface area contributed by atoms with E-state index in [0.29, 0.717) is 12.0 Å². The first-order valence-corrected chi connectivity index (χ1v) is 5.95. The predicted molar refractivity (Wildman–Crippen MR) is 65.2 cm³/mol. The molecule has 0 unspecified atom stereocenters. The van der Waals surface area contributed by atoms with E-state index in [4.69, 9.17) is 5.11 Å². The van der Waals surface area contributed by atoms with Gasteiger partial charge in [0.05, 0.1) is 6.10 Å². The number of aryl methyl sites for hydroxylation is 1. The van der Waals surface area contributed by atoms with E-state index in [0.717, 1.165) is 22.3 Å². The number of aliphatic hydroxyl groups excluding tert-OH is 2. The summed E-state index contributed by atoms with van der Waals surface area (Å²) in [4.78, 5) is 12.1. The molecule has 3 heteroatoms. The number of carbonyl (C=O) groups is 1. The molecule has 0 aliphatic heterocycles. The van der Waals surface area contributed by atoms with Crippen molar-refractivity contribution in [3.8, 4) is 0 Å². The second-order valence-electron chi connectivity index (χ2n) is 4.83. The topological polar surface area (TPSA) is 57.5 Å². The van der Waals surface area contributed by atoms with Crippen LogP contribution in [0.5, 0.6) is 0 Å². The van der Waals surface area contributed by atoms with E-state index in [1.54, 1.807) is 6.92 Å². The van der Waals surface area contributed by atoms with Crippen LogP contribution in [0, 0.1) is 19.8 Å². The molecule has 1 aromatic rings. The summed E-state index contributed by atoms with van der Waals surface area (Å²) < 4.78 is 0. The molecule has 2 N–H and O–H groups in total. The van der Waals surface area contributed by atoms with Gasteiger partial charge in [-0.1, -0.05) is 13.0 Å². The maximum absolute atomic E-state index is 12.1. The van der Waals surface area contributed by atoms with Gasteiger partial charge in [0, 0.05) is 18.1 Å². The number of rotatable bonds is 2. The standard InChI is InChI=1S/C14H18O3/c1-7-6-11-12(8(2)10(7)4-5-15)14(17)9(3)13(11)16/h6,9,13,15-16H,4-5H2,1-3H3/t9-,13+/m1/s1. The number of aliphatic hydroxyl groups is 2. The fraction of sp³-hybridized carbons (Fsp3) is 0.500. The fourth-order valence-electron chi connectivity index (χ4n) is 2.75. The Labute approximate surface area is 101 Å². The third-order valence-electron chi connectivity index (χ3n) is 3.78. The van der Waals surface area contributed by atoms with Gasteiger partial charge in [0.1, 0.15) is 0 Å². The fourth-order valence-corrected chi connectivity index (χ4v) is 2.75. The van der Waals surface area contributed by atoms with Gasteiger partial charge in [-0.15, -0.1) is 0 Å². The summed E-state index contributed by atoms with van der Waals surface area (Å²) in [6.45, 7) is 5.69. The molecule has 1 aromatic carbocycles. The zero-order valence-electron chi connectivity index (χ0n) is 10.4. The summed E-state index contributed by atoms with van der Waals surface area (Å²) in [6.07, 6.45) is -0.124. The van der Waals surface area contributed by atoms with Gasteiger partial charge in [0.25, 0.3) is 0 Å². The molecule has 1 aliphatic carbocycles. The van der Waals surface area contributed by atoms with E-state index in [-0.39, 0.29) is 18.3 Å². The average molecular weight is 234 g/mol. The Kier molecular flexibility index (Phi) is 3.06. The van der Waals surface area contributed by atoms with Crippen molar-refractivity contribution >= 4 is 5.78 Å². The summed E-state index contributed by atoms with van der Waals surface area (Å²) in [6, 6.07) is 1.89. The van der Waals surface area contributed by atoms with E-state index in [9.17, 15) is 9.90 Å². The monoisotopic (exact) mass is 234 g/mol. The lowest BCUT2D eigenvalue weighted by molar-refractivity contribution is 0.0790. The van der Waals surface area contributed by atoms with Crippen LogP contribution in [-0.2, 0) is 6.42 Å². The van der Waals surface area contributed by atoms with Gasteiger partial charge in [0.15, 0.2) is 5.78 Å². The minimum Gasteiger partial charge on any atom is -0.396 e. The minimum atomic E-state index is -0.682. The highest BCUT2D eigenvalue weighted by Gasteiger charge is 2.37. The first-order valence-electron chi connectivity index (χ1n) is 5.95. The molecule has 3 nitrogen and oxygen atoms in total. The van der Waals surface area contributed by atoms with E-state index < -0.39 is 6.10 Å². The van der Waals surface area contributed by atoms with Crippen LogP contribution < -0.4 is 0 Å². The maximum Gasteiger partial charge on any atom is 0.169 e. The normalized spacial score (nSPS) is 23.0. The quantitative estimate of drug-likeness (QED) is 0.819. The molecule has 2 rings (SSSR count). The summed E-state index contributed by atoms with van der Waals surface area (Å²) >= 11 is 0. The lowest BCUT2D eigenvalue weighted by Crippen LogP contribution is -2.09. The van der Waals surface area contributed by atoms with Gasteiger partial charge in [-0.3, -0.25) is 4.79 Å². The second-order valence-corrected chi connectivity index (χ2v) is 4.83. The molecular weight excluding hydrogens is 216 g/mol. The van der Waals surface area contributed by atoms with Crippen molar-refractivity contribution in [3.63, 3.8) is 0 Å². The van der Waals surface area contributed by atoms with Crippen molar-refractivity contribution in [3.05, 3.63) is 33.9 Å². The van der Waals surface area contributed by atoms with E-state index in [1.807, 2.05) is 19.9 Å². The highest BCUT2D eigenvalue weighted by atomic mass is 16.3. The number of benzene rings is 1.